The second-order valence-corrected chi connectivity index (χ2v) is 5.16. The van der Waals surface area contributed by atoms with Crippen molar-refractivity contribution in [2.75, 3.05) is 12.3 Å². The lowest BCUT2D eigenvalue weighted by Gasteiger charge is -2.31. The predicted octanol–water partition coefficient (Wildman–Crippen LogP) is -1.06. The smallest absolute Gasteiger partial charge is 0.248 e. The van der Waals surface area contributed by atoms with Crippen LogP contribution in [0, 0.1) is 0 Å². The average Bonchev–Trinajstić information content (AvgIpc) is 2.95. The van der Waals surface area contributed by atoms with Crippen LogP contribution in [0.25, 0.3) is 5.52 Å². The van der Waals surface area contributed by atoms with Gasteiger partial charge in [0.05, 0.1) is 6.61 Å². The Hall–Kier alpha value is -1.81. The van der Waals surface area contributed by atoms with Crippen molar-refractivity contribution < 1.29 is 24.4 Å². The highest BCUT2D eigenvalue weighted by Crippen LogP contribution is 2.47. The summed E-state index contributed by atoms with van der Waals surface area (Å²) in [6.07, 6.45) is -1.80. The third-order valence-electron chi connectivity index (χ3n) is 3.90. The van der Waals surface area contributed by atoms with Crippen LogP contribution in [0.4, 0.5) is 10.2 Å². The van der Waals surface area contributed by atoms with Gasteiger partial charge in [-0.2, -0.15) is 5.10 Å². The number of nitrogens with two attached hydrogens (primary N) is 1. The Morgan fingerprint density at radius 1 is 1.52 bits per heavy atom. The molecule has 0 aliphatic carbocycles. The number of fused-ring (bicyclic) bond motifs is 1. The van der Waals surface area contributed by atoms with Gasteiger partial charge in [0.1, 0.15) is 29.7 Å². The largest absolute Gasteiger partial charge is 0.394 e. The second kappa shape index (κ2) is 4.34. The molecule has 8 nitrogen and oxygen atoms in total. The molecule has 2 aromatic rings. The number of rotatable bonds is 2. The monoisotopic (exact) mass is 298 g/mol. The van der Waals surface area contributed by atoms with Crippen LogP contribution in [0.3, 0.4) is 0 Å². The summed E-state index contributed by atoms with van der Waals surface area (Å²) >= 11 is 0. The van der Waals surface area contributed by atoms with Crippen LogP contribution in [-0.2, 0) is 10.5 Å². The molecule has 4 atom stereocenters. The number of aliphatic hydroxyl groups is 3. The van der Waals surface area contributed by atoms with E-state index in [0.717, 1.165) is 13.3 Å². The lowest BCUT2D eigenvalue weighted by atomic mass is 9.90. The van der Waals surface area contributed by atoms with E-state index in [2.05, 4.69) is 10.1 Å². The first-order valence-electron chi connectivity index (χ1n) is 6.29. The number of ether oxygens (including phenoxy) is 1. The Labute approximate surface area is 118 Å². The lowest BCUT2D eigenvalue weighted by molar-refractivity contribution is -0.256. The zero-order chi connectivity index (χ0) is 15.4. The molecule has 1 aliphatic heterocycles. The number of nitrogen functional groups attached to an aromatic ring is 1. The Kier molecular flexibility index (Phi) is 2.92. The molecule has 3 heterocycles. The molecule has 9 heteroatoms. The van der Waals surface area contributed by atoms with E-state index < -0.39 is 30.3 Å². The SMILES string of the molecule is CC1(F)C(O)C(CO)OC1(O)c1ccc2c(N)ncnn12. The van der Waals surface area contributed by atoms with Crippen molar-refractivity contribution in [1.29, 1.82) is 0 Å². The van der Waals surface area contributed by atoms with E-state index in [-0.39, 0.29) is 11.5 Å². The van der Waals surface area contributed by atoms with Crippen LogP contribution in [0.2, 0.25) is 0 Å². The molecule has 0 aromatic carbocycles. The summed E-state index contributed by atoms with van der Waals surface area (Å²) in [5.74, 6) is -2.33. The highest BCUT2D eigenvalue weighted by atomic mass is 19.1. The van der Waals surface area contributed by atoms with Crippen molar-refractivity contribution >= 4 is 11.3 Å². The van der Waals surface area contributed by atoms with Crippen molar-refractivity contribution in [3.05, 3.63) is 24.2 Å². The average molecular weight is 298 g/mol. The fourth-order valence-corrected chi connectivity index (χ4v) is 2.61. The summed E-state index contributed by atoms with van der Waals surface area (Å²) in [5.41, 5.74) is 3.45. The number of alkyl halides is 1. The molecule has 5 N–H and O–H groups in total. The minimum absolute atomic E-state index is 0.0494. The van der Waals surface area contributed by atoms with Crippen molar-refractivity contribution in [3.63, 3.8) is 0 Å². The highest BCUT2D eigenvalue weighted by molar-refractivity contribution is 5.65. The fraction of sp³-hybridized carbons (Fsp3) is 0.500. The molecule has 4 unspecified atom stereocenters. The molecule has 1 aliphatic rings. The number of nitrogens with zero attached hydrogens (tertiary/aromatic N) is 3. The Morgan fingerprint density at radius 2 is 2.24 bits per heavy atom. The molecule has 2 aromatic heterocycles. The number of aromatic nitrogens is 3. The van der Waals surface area contributed by atoms with Crippen LogP contribution >= 0.6 is 0 Å². The van der Waals surface area contributed by atoms with Gasteiger partial charge in [0.25, 0.3) is 0 Å². The summed E-state index contributed by atoms with van der Waals surface area (Å²) in [5, 5.41) is 33.6. The Balaban J connectivity index is 2.19. The lowest BCUT2D eigenvalue weighted by Crippen LogP contribution is -2.49. The molecule has 1 fully saturated rings. The van der Waals surface area contributed by atoms with Crippen molar-refractivity contribution in [2.45, 2.75) is 30.6 Å². The number of hydrogen-bond acceptors (Lipinski definition) is 7. The van der Waals surface area contributed by atoms with E-state index in [1.165, 1.54) is 16.6 Å². The van der Waals surface area contributed by atoms with Crippen LogP contribution < -0.4 is 5.73 Å². The van der Waals surface area contributed by atoms with Gasteiger partial charge in [-0.25, -0.2) is 13.9 Å². The van der Waals surface area contributed by atoms with Gasteiger partial charge in [-0.3, -0.25) is 0 Å². The molecule has 0 saturated carbocycles. The molecule has 1 saturated heterocycles. The first-order chi connectivity index (χ1) is 9.83. The highest BCUT2D eigenvalue weighted by Gasteiger charge is 2.65. The Bertz CT molecular complexity index is 691. The predicted molar refractivity (Wildman–Crippen MR) is 68.8 cm³/mol. The third kappa shape index (κ3) is 1.69. The third-order valence-corrected chi connectivity index (χ3v) is 3.90. The van der Waals surface area contributed by atoms with Gasteiger partial charge < -0.3 is 25.8 Å². The first kappa shape index (κ1) is 14.1. The van der Waals surface area contributed by atoms with E-state index in [0.29, 0.717) is 5.52 Å². The number of hydrogen-bond donors (Lipinski definition) is 4. The van der Waals surface area contributed by atoms with E-state index in [4.69, 9.17) is 15.6 Å². The van der Waals surface area contributed by atoms with Crippen molar-refractivity contribution in [1.82, 2.24) is 14.6 Å². The normalized spacial score (nSPS) is 36.4. The maximum Gasteiger partial charge on any atom is 0.248 e. The van der Waals surface area contributed by atoms with Gasteiger partial charge in [-0.05, 0) is 19.1 Å². The molecule has 0 bridgehead atoms. The van der Waals surface area contributed by atoms with Crippen LogP contribution in [0.1, 0.15) is 12.6 Å². The fourth-order valence-electron chi connectivity index (χ4n) is 2.61. The van der Waals surface area contributed by atoms with Gasteiger partial charge in [-0.15, -0.1) is 0 Å². The molecule has 0 radical (unpaired) electrons. The quantitative estimate of drug-likeness (QED) is 0.556. The van der Waals surface area contributed by atoms with Crippen LogP contribution in [0.5, 0.6) is 0 Å². The van der Waals surface area contributed by atoms with Crippen LogP contribution in [-0.4, -0.2) is 54.4 Å². The second-order valence-electron chi connectivity index (χ2n) is 5.16. The zero-order valence-corrected chi connectivity index (χ0v) is 11.1. The molecule has 0 amide bonds. The minimum Gasteiger partial charge on any atom is -0.394 e. The van der Waals surface area contributed by atoms with Gasteiger partial charge in [-0.1, -0.05) is 0 Å². The summed E-state index contributed by atoms with van der Waals surface area (Å²) in [6.45, 7) is 0.362. The van der Waals surface area contributed by atoms with E-state index in [9.17, 15) is 14.6 Å². The van der Waals surface area contributed by atoms with Crippen LogP contribution in [0.15, 0.2) is 18.5 Å². The number of anilines is 1. The maximum absolute atomic E-state index is 14.9. The summed E-state index contributed by atoms with van der Waals surface area (Å²) in [7, 11) is 0. The summed E-state index contributed by atoms with van der Waals surface area (Å²) in [6, 6.07) is 2.88. The molecule has 0 spiro atoms. The van der Waals surface area contributed by atoms with Gasteiger partial charge >= 0.3 is 0 Å². The molecule has 114 valence electrons. The van der Waals surface area contributed by atoms with Crippen molar-refractivity contribution in [2.24, 2.45) is 0 Å². The molecular weight excluding hydrogens is 283 g/mol. The first-order valence-corrected chi connectivity index (χ1v) is 6.29. The van der Waals surface area contributed by atoms with E-state index in [1.807, 2.05) is 0 Å². The molecular formula is C12H15FN4O4. The number of halogens is 1. The topological polar surface area (TPSA) is 126 Å². The number of aliphatic hydroxyl groups excluding tert-OH is 2. The summed E-state index contributed by atoms with van der Waals surface area (Å²) in [4.78, 5) is 3.79. The molecule has 21 heavy (non-hydrogen) atoms. The zero-order valence-electron chi connectivity index (χ0n) is 11.1. The Morgan fingerprint density at radius 3 is 2.86 bits per heavy atom. The van der Waals surface area contributed by atoms with E-state index in [1.54, 1.807) is 0 Å². The maximum atomic E-state index is 14.9. The summed E-state index contributed by atoms with van der Waals surface area (Å²) < 4.78 is 21.2. The molecule has 3 rings (SSSR count). The standard InChI is InChI=1S/C12H15FN4O4/c1-11(13)9(19)7(4-18)21-12(11,20)8-3-2-6-10(14)15-5-16-17(6)8/h2-3,5,7,9,18-20H,4H2,1H3,(H2,14,15,16). The minimum atomic E-state index is -2.55. The van der Waals surface area contributed by atoms with Crippen molar-refractivity contribution in [3.8, 4) is 0 Å². The van der Waals surface area contributed by atoms with Gasteiger partial charge in [0.15, 0.2) is 11.5 Å². The van der Waals surface area contributed by atoms with Gasteiger partial charge in [0, 0.05) is 0 Å². The van der Waals surface area contributed by atoms with E-state index >= 15 is 0 Å². The van der Waals surface area contributed by atoms with Gasteiger partial charge in [0.2, 0.25) is 5.79 Å².